The van der Waals surface area contributed by atoms with Gasteiger partial charge in [-0.25, -0.2) is 9.20 Å². The minimum absolute atomic E-state index is 0.288. The first-order valence-corrected chi connectivity index (χ1v) is 4.04. The lowest BCUT2D eigenvalue weighted by Crippen LogP contribution is -2.15. The Morgan fingerprint density at radius 2 is 2.36 bits per heavy atom. The third-order valence-corrected chi connectivity index (χ3v) is 2.16. The maximum Gasteiger partial charge on any atom is 0.334 e. The van der Waals surface area contributed by atoms with E-state index in [1.807, 2.05) is 6.92 Å². The fourth-order valence-electron chi connectivity index (χ4n) is 1.51. The van der Waals surface area contributed by atoms with Gasteiger partial charge in [-0.1, -0.05) is 0 Å². The highest BCUT2D eigenvalue weighted by Gasteiger charge is 2.10. The molecule has 0 fully saturated rings. The second-order valence-corrected chi connectivity index (χ2v) is 3.03. The molecule has 0 radical (unpaired) electrons. The molecule has 0 unspecified atom stereocenters. The van der Waals surface area contributed by atoms with Crippen LogP contribution in [0.3, 0.4) is 0 Å². The SMILES string of the molecule is Cc1[nH]nc2[nH]c(=O)n3cnnc3c12. The molecule has 2 N–H and O–H groups in total. The van der Waals surface area contributed by atoms with Crippen molar-refractivity contribution >= 4 is 16.7 Å². The van der Waals surface area contributed by atoms with E-state index in [0.29, 0.717) is 11.3 Å². The van der Waals surface area contributed by atoms with Crippen LogP contribution in [0.25, 0.3) is 16.7 Å². The number of aryl methyl sites for hydroxylation is 1. The topological polar surface area (TPSA) is 91.7 Å². The van der Waals surface area contributed by atoms with Crippen molar-refractivity contribution < 1.29 is 0 Å². The molecule has 0 aliphatic carbocycles. The van der Waals surface area contributed by atoms with Crippen LogP contribution in [0.4, 0.5) is 0 Å². The van der Waals surface area contributed by atoms with Crippen molar-refractivity contribution in [1.82, 2.24) is 29.8 Å². The first-order chi connectivity index (χ1) is 6.77. The molecule has 14 heavy (non-hydrogen) atoms. The molecular weight excluding hydrogens is 184 g/mol. The molecule has 0 aliphatic heterocycles. The Morgan fingerprint density at radius 1 is 1.50 bits per heavy atom. The zero-order chi connectivity index (χ0) is 9.71. The molecule has 0 amide bonds. The zero-order valence-electron chi connectivity index (χ0n) is 7.27. The molecule has 0 atom stereocenters. The first kappa shape index (κ1) is 7.25. The number of nitrogens with one attached hydrogen (secondary N) is 2. The number of aromatic amines is 2. The monoisotopic (exact) mass is 190 g/mol. The Morgan fingerprint density at radius 3 is 3.21 bits per heavy atom. The van der Waals surface area contributed by atoms with Crippen molar-refractivity contribution in [3.63, 3.8) is 0 Å². The molecular formula is C7H6N6O. The molecule has 3 rings (SSSR count). The molecule has 0 aromatic carbocycles. The molecule has 7 nitrogen and oxygen atoms in total. The second kappa shape index (κ2) is 2.19. The molecule has 70 valence electrons. The van der Waals surface area contributed by atoms with Crippen molar-refractivity contribution in [2.45, 2.75) is 6.92 Å². The van der Waals surface area contributed by atoms with E-state index in [9.17, 15) is 4.79 Å². The van der Waals surface area contributed by atoms with Crippen molar-refractivity contribution in [3.05, 3.63) is 22.5 Å². The number of hydrogen-bond donors (Lipinski definition) is 2. The van der Waals surface area contributed by atoms with Crippen molar-refractivity contribution in [3.8, 4) is 0 Å². The number of nitrogens with zero attached hydrogens (tertiary/aromatic N) is 4. The third kappa shape index (κ3) is 0.709. The number of hydrogen-bond acceptors (Lipinski definition) is 4. The standard InChI is InChI=1S/C7H6N6O/c1-3-4-5(11-10-3)9-7(14)13-2-8-12-6(4)13/h2H,1H3,(H2,9,10,11,14). The predicted molar refractivity (Wildman–Crippen MR) is 48.0 cm³/mol. The van der Waals surface area contributed by atoms with Crippen LogP contribution in [0, 0.1) is 6.92 Å². The van der Waals surface area contributed by atoms with Crippen molar-refractivity contribution in [2.24, 2.45) is 0 Å². The lowest BCUT2D eigenvalue weighted by molar-refractivity contribution is 0.997. The molecule has 0 bridgehead atoms. The van der Waals surface area contributed by atoms with Crippen molar-refractivity contribution in [2.75, 3.05) is 0 Å². The van der Waals surface area contributed by atoms with E-state index in [1.165, 1.54) is 10.7 Å². The van der Waals surface area contributed by atoms with Gasteiger partial charge in [0.15, 0.2) is 11.3 Å². The molecule has 7 heteroatoms. The van der Waals surface area contributed by atoms with E-state index in [-0.39, 0.29) is 5.69 Å². The van der Waals surface area contributed by atoms with Crippen molar-refractivity contribution in [1.29, 1.82) is 0 Å². The van der Waals surface area contributed by atoms with Gasteiger partial charge in [0.1, 0.15) is 6.33 Å². The molecule has 0 aliphatic rings. The third-order valence-electron chi connectivity index (χ3n) is 2.16. The van der Waals surface area contributed by atoms with E-state index in [4.69, 9.17) is 0 Å². The second-order valence-electron chi connectivity index (χ2n) is 3.03. The molecule has 3 heterocycles. The summed E-state index contributed by atoms with van der Waals surface area (Å²) in [5.41, 5.74) is 1.60. The molecule has 0 saturated heterocycles. The largest absolute Gasteiger partial charge is 0.334 e. The van der Waals surface area contributed by atoms with Crippen LogP contribution >= 0.6 is 0 Å². The van der Waals surface area contributed by atoms with Gasteiger partial charge in [0.25, 0.3) is 0 Å². The van der Waals surface area contributed by atoms with E-state index in [0.717, 1.165) is 11.1 Å². The summed E-state index contributed by atoms with van der Waals surface area (Å²) in [5.74, 6) is 0. The van der Waals surface area contributed by atoms with Gasteiger partial charge in [-0.3, -0.25) is 10.1 Å². The van der Waals surface area contributed by atoms with Crippen LogP contribution in [-0.2, 0) is 0 Å². The Balaban J connectivity index is 2.77. The highest BCUT2D eigenvalue weighted by Crippen LogP contribution is 2.14. The minimum Gasteiger partial charge on any atom is -0.289 e. The van der Waals surface area contributed by atoms with Gasteiger partial charge in [-0.2, -0.15) is 5.10 Å². The van der Waals surface area contributed by atoms with E-state index < -0.39 is 0 Å². The lowest BCUT2D eigenvalue weighted by Gasteiger charge is -1.92. The zero-order valence-corrected chi connectivity index (χ0v) is 7.27. The molecule has 3 aromatic heterocycles. The Bertz CT molecular complexity index is 674. The van der Waals surface area contributed by atoms with Gasteiger partial charge in [-0.05, 0) is 6.92 Å². The van der Waals surface area contributed by atoms with Gasteiger partial charge in [0.05, 0.1) is 5.39 Å². The summed E-state index contributed by atoms with van der Waals surface area (Å²) >= 11 is 0. The van der Waals surface area contributed by atoms with Crippen LogP contribution in [-0.4, -0.2) is 29.8 Å². The number of rotatable bonds is 0. The van der Waals surface area contributed by atoms with Gasteiger partial charge in [0.2, 0.25) is 0 Å². The number of H-pyrrole nitrogens is 2. The normalized spacial score (nSPS) is 11.5. The summed E-state index contributed by atoms with van der Waals surface area (Å²) in [7, 11) is 0. The van der Waals surface area contributed by atoms with Gasteiger partial charge in [0, 0.05) is 5.69 Å². The van der Waals surface area contributed by atoms with Crippen LogP contribution in [0.2, 0.25) is 0 Å². The minimum atomic E-state index is -0.288. The van der Waals surface area contributed by atoms with Gasteiger partial charge in [-0.15, -0.1) is 10.2 Å². The maximum atomic E-state index is 11.4. The average molecular weight is 190 g/mol. The number of fused-ring (bicyclic) bond motifs is 3. The Hall–Kier alpha value is -2.18. The highest BCUT2D eigenvalue weighted by atomic mass is 16.1. The van der Waals surface area contributed by atoms with Crippen LogP contribution < -0.4 is 5.69 Å². The summed E-state index contributed by atoms with van der Waals surface area (Å²) in [6.45, 7) is 1.86. The summed E-state index contributed by atoms with van der Waals surface area (Å²) < 4.78 is 1.35. The van der Waals surface area contributed by atoms with Gasteiger partial charge < -0.3 is 0 Å². The Kier molecular flexibility index (Phi) is 1.13. The summed E-state index contributed by atoms with van der Waals surface area (Å²) in [6, 6.07) is 0. The maximum absolute atomic E-state index is 11.4. The van der Waals surface area contributed by atoms with Crippen LogP contribution in [0.5, 0.6) is 0 Å². The van der Waals surface area contributed by atoms with Crippen LogP contribution in [0.15, 0.2) is 11.1 Å². The fourth-order valence-corrected chi connectivity index (χ4v) is 1.51. The van der Waals surface area contributed by atoms with Gasteiger partial charge >= 0.3 is 5.69 Å². The summed E-state index contributed by atoms with van der Waals surface area (Å²) in [6.07, 6.45) is 1.38. The lowest BCUT2D eigenvalue weighted by atomic mass is 10.3. The Labute approximate surface area is 76.8 Å². The van der Waals surface area contributed by atoms with Crippen LogP contribution in [0.1, 0.15) is 5.69 Å². The quantitative estimate of drug-likeness (QED) is 0.504. The van der Waals surface area contributed by atoms with E-state index in [2.05, 4.69) is 25.4 Å². The van der Waals surface area contributed by atoms with E-state index in [1.54, 1.807) is 0 Å². The smallest absolute Gasteiger partial charge is 0.289 e. The molecule has 0 saturated carbocycles. The predicted octanol–water partition coefficient (Wildman–Crippen LogP) is -0.398. The summed E-state index contributed by atoms with van der Waals surface area (Å²) in [5, 5.41) is 15.1. The molecule has 0 spiro atoms. The first-order valence-electron chi connectivity index (χ1n) is 4.04. The number of aromatic nitrogens is 6. The fraction of sp³-hybridized carbons (Fsp3) is 0.143. The van der Waals surface area contributed by atoms with E-state index >= 15 is 0 Å². The molecule has 3 aromatic rings. The summed E-state index contributed by atoms with van der Waals surface area (Å²) in [4.78, 5) is 14.1. The highest BCUT2D eigenvalue weighted by molar-refractivity contribution is 5.90. The average Bonchev–Trinajstić information content (AvgIpc) is 2.72.